The number of carbonyl (C=O) groups is 3. The molecule has 1 aromatic rings. The number of hydrogen-bond donors (Lipinski definition) is 1. The first-order valence-corrected chi connectivity index (χ1v) is 11.9. The third-order valence-corrected chi connectivity index (χ3v) is 8.15. The third-order valence-electron chi connectivity index (χ3n) is 8.15. The second-order valence-electron chi connectivity index (χ2n) is 10.5. The summed E-state index contributed by atoms with van der Waals surface area (Å²) in [5.41, 5.74) is -2.38. The number of carbonyl (C=O) groups excluding carboxylic acids is 3. The first kappa shape index (κ1) is 24.7. The maximum atomic E-state index is 13.2. The highest BCUT2D eigenvalue weighted by molar-refractivity contribution is 5.89. The Morgan fingerprint density at radius 2 is 1.74 bits per heavy atom. The molecule has 1 spiro atoms. The molecule has 1 N–H and O–H groups in total. The van der Waals surface area contributed by atoms with Crippen molar-refractivity contribution in [1.29, 1.82) is 0 Å². The molecule has 34 heavy (non-hydrogen) atoms. The molecule has 7 unspecified atom stereocenters. The molecule has 8 nitrogen and oxygen atoms in total. The minimum atomic E-state index is -1.28. The summed E-state index contributed by atoms with van der Waals surface area (Å²) < 4.78 is 24.3. The van der Waals surface area contributed by atoms with Crippen LogP contribution in [0, 0.1) is 17.3 Å². The molecule has 1 heterocycles. The van der Waals surface area contributed by atoms with Crippen LogP contribution in [0.5, 0.6) is 0 Å². The van der Waals surface area contributed by atoms with Crippen molar-refractivity contribution < 1.29 is 38.4 Å². The molecule has 0 aromatic heterocycles. The van der Waals surface area contributed by atoms with Gasteiger partial charge in [0.25, 0.3) is 0 Å². The fourth-order valence-corrected chi connectivity index (χ4v) is 6.61. The van der Waals surface area contributed by atoms with Gasteiger partial charge < -0.3 is 24.1 Å². The van der Waals surface area contributed by atoms with E-state index in [2.05, 4.69) is 0 Å². The average molecular weight is 475 g/mol. The van der Waals surface area contributed by atoms with Crippen LogP contribution in [0.4, 0.5) is 0 Å². The average Bonchev–Trinajstić information content (AvgIpc) is 2.99. The van der Waals surface area contributed by atoms with Crippen LogP contribution in [-0.4, -0.2) is 59.1 Å². The lowest BCUT2D eigenvalue weighted by Gasteiger charge is -2.61. The fraction of sp³-hybridized carbons (Fsp3) is 0.654. The van der Waals surface area contributed by atoms with Gasteiger partial charge in [0.05, 0.1) is 22.9 Å². The zero-order valence-electron chi connectivity index (χ0n) is 20.4. The minimum absolute atomic E-state index is 0.0576. The SMILES string of the molecule is CC(=O)OCC12C(OC(=O)c3ccccc3)CC3CC1(OC3(C)C)C(C)CC(O)C2OC(C)=O. The first-order valence-electron chi connectivity index (χ1n) is 11.9. The van der Waals surface area contributed by atoms with Crippen molar-refractivity contribution >= 4 is 17.9 Å². The molecule has 2 aliphatic carbocycles. The standard InChI is InChI=1S/C26H34O8/c1-15-11-20(29)22(32-17(3)28)25(14-31-16(2)27)21(33-23(30)18-9-7-6-8-10-18)12-19-13-26(15,25)34-24(19,4)5/h6-10,15,19-22,29H,11-14H2,1-5H3. The summed E-state index contributed by atoms with van der Waals surface area (Å²) in [6.07, 6.45) is -1.56. The number of aliphatic hydroxyl groups is 1. The maximum absolute atomic E-state index is 13.2. The van der Waals surface area contributed by atoms with Crippen molar-refractivity contribution in [2.75, 3.05) is 6.61 Å². The second kappa shape index (κ2) is 8.64. The molecular weight excluding hydrogens is 440 g/mol. The molecule has 1 aromatic carbocycles. The van der Waals surface area contributed by atoms with Crippen LogP contribution in [0.25, 0.3) is 0 Å². The smallest absolute Gasteiger partial charge is 0.338 e. The van der Waals surface area contributed by atoms with Crippen LogP contribution in [-0.2, 0) is 28.5 Å². The highest BCUT2D eigenvalue weighted by Gasteiger charge is 2.77. The fourth-order valence-electron chi connectivity index (χ4n) is 6.61. The van der Waals surface area contributed by atoms with Gasteiger partial charge in [0.1, 0.15) is 24.2 Å². The van der Waals surface area contributed by atoms with Crippen molar-refractivity contribution in [3.63, 3.8) is 0 Å². The molecule has 0 amide bonds. The Morgan fingerprint density at radius 3 is 2.35 bits per heavy atom. The Morgan fingerprint density at radius 1 is 1.06 bits per heavy atom. The Kier molecular flexibility index (Phi) is 6.27. The van der Waals surface area contributed by atoms with E-state index in [0.29, 0.717) is 24.8 Å². The van der Waals surface area contributed by atoms with E-state index >= 15 is 0 Å². The van der Waals surface area contributed by atoms with Gasteiger partial charge in [0.15, 0.2) is 0 Å². The van der Waals surface area contributed by atoms with E-state index in [1.807, 2.05) is 20.8 Å². The van der Waals surface area contributed by atoms with Gasteiger partial charge in [-0.05, 0) is 57.1 Å². The number of aliphatic hydroxyl groups excluding tert-OH is 1. The number of fused-ring (bicyclic) bond motifs is 1. The van der Waals surface area contributed by atoms with Crippen molar-refractivity contribution in [3.05, 3.63) is 35.9 Å². The Balaban J connectivity index is 1.88. The largest absolute Gasteiger partial charge is 0.465 e. The van der Waals surface area contributed by atoms with Crippen LogP contribution in [0.15, 0.2) is 30.3 Å². The molecular formula is C26H34O8. The minimum Gasteiger partial charge on any atom is -0.465 e. The van der Waals surface area contributed by atoms with E-state index in [-0.39, 0.29) is 18.4 Å². The highest BCUT2D eigenvalue weighted by Crippen LogP contribution is 2.67. The summed E-state index contributed by atoms with van der Waals surface area (Å²) in [7, 11) is 0. The van der Waals surface area contributed by atoms with Crippen molar-refractivity contribution in [2.24, 2.45) is 17.3 Å². The van der Waals surface area contributed by atoms with Gasteiger partial charge in [0, 0.05) is 13.8 Å². The van der Waals surface area contributed by atoms with Gasteiger partial charge in [-0.25, -0.2) is 4.79 Å². The van der Waals surface area contributed by atoms with Gasteiger partial charge in [-0.2, -0.15) is 0 Å². The van der Waals surface area contributed by atoms with Crippen LogP contribution in [0.3, 0.4) is 0 Å². The van der Waals surface area contributed by atoms with Gasteiger partial charge in [-0.15, -0.1) is 0 Å². The van der Waals surface area contributed by atoms with E-state index in [0.717, 1.165) is 0 Å². The maximum Gasteiger partial charge on any atom is 0.338 e. The molecule has 1 aliphatic heterocycles. The summed E-state index contributed by atoms with van der Waals surface area (Å²) in [6, 6.07) is 8.63. The van der Waals surface area contributed by atoms with E-state index in [1.165, 1.54) is 13.8 Å². The molecule has 2 saturated carbocycles. The van der Waals surface area contributed by atoms with Crippen LogP contribution >= 0.6 is 0 Å². The molecule has 2 bridgehead atoms. The highest BCUT2D eigenvalue weighted by atomic mass is 16.6. The van der Waals surface area contributed by atoms with Gasteiger partial charge in [-0.3, -0.25) is 9.59 Å². The number of ether oxygens (including phenoxy) is 4. The monoisotopic (exact) mass is 474 g/mol. The summed E-state index contributed by atoms with van der Waals surface area (Å²) >= 11 is 0. The molecule has 1 saturated heterocycles. The summed E-state index contributed by atoms with van der Waals surface area (Å²) in [5.74, 6) is -1.75. The Hall–Kier alpha value is -2.45. The lowest BCUT2D eigenvalue weighted by molar-refractivity contribution is -0.296. The van der Waals surface area contributed by atoms with Gasteiger partial charge in [-0.1, -0.05) is 25.1 Å². The molecule has 8 heteroatoms. The molecule has 3 fully saturated rings. The van der Waals surface area contributed by atoms with Crippen molar-refractivity contribution in [2.45, 2.75) is 83.4 Å². The third kappa shape index (κ3) is 3.81. The predicted molar refractivity (Wildman–Crippen MR) is 121 cm³/mol. The first-order chi connectivity index (χ1) is 15.9. The summed E-state index contributed by atoms with van der Waals surface area (Å²) in [4.78, 5) is 37.4. The Labute approximate surface area is 199 Å². The molecule has 186 valence electrons. The molecule has 7 atom stereocenters. The number of benzene rings is 1. The summed E-state index contributed by atoms with van der Waals surface area (Å²) in [5, 5.41) is 11.2. The zero-order valence-corrected chi connectivity index (χ0v) is 20.4. The lowest BCUT2D eigenvalue weighted by atomic mass is 9.49. The molecule has 3 aliphatic rings. The Bertz CT molecular complexity index is 959. The van der Waals surface area contributed by atoms with Crippen LogP contribution in [0.2, 0.25) is 0 Å². The number of hydrogen-bond acceptors (Lipinski definition) is 8. The second-order valence-corrected chi connectivity index (χ2v) is 10.5. The van der Waals surface area contributed by atoms with Gasteiger partial charge >= 0.3 is 17.9 Å². The van der Waals surface area contributed by atoms with E-state index < -0.39 is 52.8 Å². The summed E-state index contributed by atoms with van der Waals surface area (Å²) in [6.45, 7) is 8.34. The van der Waals surface area contributed by atoms with Gasteiger partial charge in [0.2, 0.25) is 0 Å². The van der Waals surface area contributed by atoms with Crippen molar-refractivity contribution in [3.8, 4) is 0 Å². The van der Waals surface area contributed by atoms with Crippen LogP contribution in [0.1, 0.15) is 64.2 Å². The topological polar surface area (TPSA) is 108 Å². The normalized spacial score (nSPS) is 37.9. The molecule has 0 radical (unpaired) electrons. The quantitative estimate of drug-likeness (QED) is 0.512. The number of rotatable bonds is 5. The van der Waals surface area contributed by atoms with E-state index in [1.54, 1.807) is 30.3 Å². The zero-order chi connectivity index (χ0) is 24.9. The molecule has 4 rings (SSSR count). The van der Waals surface area contributed by atoms with E-state index in [9.17, 15) is 19.5 Å². The lowest BCUT2D eigenvalue weighted by Crippen LogP contribution is -2.74. The van der Waals surface area contributed by atoms with Crippen molar-refractivity contribution in [1.82, 2.24) is 0 Å². The predicted octanol–water partition coefficient (Wildman–Crippen LogP) is 3.05. The van der Waals surface area contributed by atoms with E-state index in [4.69, 9.17) is 18.9 Å². The number of esters is 3. The van der Waals surface area contributed by atoms with Crippen LogP contribution < -0.4 is 0 Å².